The van der Waals surface area contributed by atoms with Gasteiger partial charge in [0.2, 0.25) is 0 Å². The maximum absolute atomic E-state index is 13.3. The van der Waals surface area contributed by atoms with Crippen molar-refractivity contribution in [1.29, 1.82) is 5.26 Å². The number of nitriles is 1. The van der Waals surface area contributed by atoms with Crippen LogP contribution in [0.15, 0.2) is 53.4 Å². The van der Waals surface area contributed by atoms with Crippen molar-refractivity contribution in [2.24, 2.45) is 5.41 Å². The second kappa shape index (κ2) is 7.28. The first-order chi connectivity index (χ1) is 13.3. The fourth-order valence-corrected chi connectivity index (χ4v) is 5.82. The Balaban J connectivity index is 2.11. The summed E-state index contributed by atoms with van der Waals surface area (Å²) in [6.45, 7) is 3.54. The van der Waals surface area contributed by atoms with E-state index in [2.05, 4.69) is 0 Å². The highest BCUT2D eigenvalue weighted by molar-refractivity contribution is 7.92. The molecule has 28 heavy (non-hydrogen) atoms. The third-order valence-corrected chi connectivity index (χ3v) is 7.33. The highest BCUT2D eigenvalue weighted by atomic mass is 32.2. The summed E-state index contributed by atoms with van der Waals surface area (Å²) in [4.78, 5) is 12.8. The smallest absolute Gasteiger partial charge is 0.328 e. The lowest BCUT2D eigenvalue weighted by atomic mass is 10.0. The zero-order valence-corrected chi connectivity index (χ0v) is 16.7. The largest absolute Gasteiger partial charge is 0.497 e. The van der Waals surface area contributed by atoms with Gasteiger partial charge in [0.05, 0.1) is 24.7 Å². The van der Waals surface area contributed by atoms with Gasteiger partial charge in [-0.3, -0.25) is 4.79 Å². The van der Waals surface area contributed by atoms with Gasteiger partial charge in [0.1, 0.15) is 11.0 Å². The number of carbonyl (C=O) groups excluding carboxylic acids is 1. The van der Waals surface area contributed by atoms with Gasteiger partial charge in [-0.05, 0) is 43.7 Å². The van der Waals surface area contributed by atoms with Gasteiger partial charge in [-0.15, -0.1) is 0 Å². The van der Waals surface area contributed by atoms with Gasteiger partial charge >= 0.3 is 5.97 Å². The van der Waals surface area contributed by atoms with Crippen LogP contribution in [0.2, 0.25) is 0 Å². The number of nitrogens with zero attached hydrogens (tertiary/aromatic N) is 1. The summed E-state index contributed by atoms with van der Waals surface area (Å²) in [6, 6.07) is 15.1. The molecule has 2 aromatic carbocycles. The first kappa shape index (κ1) is 19.9. The summed E-state index contributed by atoms with van der Waals surface area (Å²) in [5.41, 5.74) is -0.275. The summed E-state index contributed by atoms with van der Waals surface area (Å²) in [7, 11) is -2.41. The van der Waals surface area contributed by atoms with E-state index in [1.54, 1.807) is 43.3 Å². The number of aryl methyl sites for hydroxylation is 1. The minimum atomic E-state index is -3.93. The van der Waals surface area contributed by atoms with Gasteiger partial charge in [0.15, 0.2) is 15.3 Å². The first-order valence-electron chi connectivity index (χ1n) is 8.86. The molecular weight excluding hydrogens is 378 g/mol. The molecule has 1 saturated carbocycles. The van der Waals surface area contributed by atoms with Crippen molar-refractivity contribution in [2.45, 2.75) is 29.9 Å². The Morgan fingerprint density at radius 3 is 2.25 bits per heavy atom. The molecule has 0 N–H and O–H groups in total. The molecule has 0 aliphatic heterocycles. The van der Waals surface area contributed by atoms with Crippen LogP contribution in [0.3, 0.4) is 0 Å². The van der Waals surface area contributed by atoms with Gasteiger partial charge in [0, 0.05) is 5.92 Å². The van der Waals surface area contributed by atoms with Gasteiger partial charge in [-0.1, -0.05) is 29.8 Å². The number of benzene rings is 2. The molecule has 0 aromatic heterocycles. The lowest BCUT2D eigenvalue weighted by molar-refractivity contribution is -0.147. The molecular formula is C21H21NO5S. The van der Waals surface area contributed by atoms with Crippen LogP contribution in [-0.4, -0.2) is 33.4 Å². The van der Waals surface area contributed by atoms with E-state index in [1.165, 1.54) is 19.2 Å². The molecule has 2 aromatic rings. The van der Waals surface area contributed by atoms with Crippen LogP contribution in [0.1, 0.15) is 24.0 Å². The number of methoxy groups -OCH3 is 1. The number of esters is 1. The molecule has 0 amide bonds. The number of carbonyl (C=O) groups is 1. The zero-order valence-electron chi connectivity index (χ0n) is 15.9. The topological polar surface area (TPSA) is 93.5 Å². The van der Waals surface area contributed by atoms with E-state index < -0.39 is 32.4 Å². The van der Waals surface area contributed by atoms with E-state index in [1.807, 2.05) is 13.0 Å². The average molecular weight is 399 g/mol. The number of hydrogen-bond donors (Lipinski definition) is 0. The van der Waals surface area contributed by atoms with E-state index >= 15 is 0 Å². The Morgan fingerprint density at radius 1 is 1.14 bits per heavy atom. The maximum atomic E-state index is 13.3. The molecule has 0 bridgehead atoms. The standard InChI is InChI=1S/C21H21NO5S/c1-4-27-20(23)21(13-22)18(15-7-9-16(26-3)10-8-15)19(21)28(24,25)17-11-5-14(2)6-12-17/h5-12,18-19H,4H2,1-3H3. The Hall–Kier alpha value is -2.85. The molecule has 1 fully saturated rings. The van der Waals surface area contributed by atoms with Crippen LogP contribution in [0.25, 0.3) is 0 Å². The SMILES string of the molecule is CCOC(=O)C1(C#N)C(c2ccc(OC)cc2)C1S(=O)(=O)c1ccc(C)cc1. The van der Waals surface area contributed by atoms with Crippen molar-refractivity contribution >= 4 is 15.8 Å². The molecule has 1 aliphatic carbocycles. The van der Waals surface area contributed by atoms with Crippen LogP contribution < -0.4 is 4.74 Å². The van der Waals surface area contributed by atoms with Crippen LogP contribution in [0.4, 0.5) is 0 Å². The van der Waals surface area contributed by atoms with E-state index in [0.29, 0.717) is 11.3 Å². The van der Waals surface area contributed by atoms with Gasteiger partial charge in [-0.2, -0.15) is 5.26 Å². The van der Waals surface area contributed by atoms with E-state index in [0.717, 1.165) is 5.56 Å². The molecule has 3 atom stereocenters. The molecule has 6 nitrogen and oxygen atoms in total. The van der Waals surface area contributed by atoms with Crippen molar-refractivity contribution in [2.75, 3.05) is 13.7 Å². The summed E-state index contributed by atoms with van der Waals surface area (Å²) in [5.74, 6) is -1.02. The normalized spacial score (nSPS) is 23.5. The highest BCUT2D eigenvalue weighted by Crippen LogP contribution is 2.64. The fourth-order valence-electron chi connectivity index (χ4n) is 3.58. The van der Waals surface area contributed by atoms with Crippen molar-refractivity contribution in [3.8, 4) is 11.8 Å². The Morgan fingerprint density at radius 2 is 1.75 bits per heavy atom. The van der Waals surface area contributed by atoms with Crippen LogP contribution in [0.5, 0.6) is 5.75 Å². The van der Waals surface area contributed by atoms with E-state index in [9.17, 15) is 18.5 Å². The summed E-state index contributed by atoms with van der Waals surface area (Å²) >= 11 is 0. The molecule has 0 heterocycles. The predicted molar refractivity (Wildman–Crippen MR) is 103 cm³/mol. The van der Waals surface area contributed by atoms with Gasteiger partial charge in [0.25, 0.3) is 0 Å². The zero-order chi connectivity index (χ0) is 20.5. The first-order valence-corrected chi connectivity index (χ1v) is 10.4. The van der Waals surface area contributed by atoms with Crippen molar-refractivity contribution < 1.29 is 22.7 Å². The van der Waals surface area contributed by atoms with Crippen molar-refractivity contribution in [3.05, 3.63) is 59.7 Å². The number of hydrogen-bond acceptors (Lipinski definition) is 6. The number of sulfone groups is 1. The number of ether oxygens (including phenoxy) is 2. The van der Waals surface area contributed by atoms with Crippen LogP contribution >= 0.6 is 0 Å². The maximum Gasteiger partial charge on any atom is 0.328 e. The second-order valence-electron chi connectivity index (χ2n) is 6.73. The molecule has 0 spiro atoms. The fraction of sp³-hybridized carbons (Fsp3) is 0.333. The third kappa shape index (κ3) is 3.04. The third-order valence-electron chi connectivity index (χ3n) is 5.09. The van der Waals surface area contributed by atoms with E-state index in [4.69, 9.17) is 9.47 Å². The average Bonchev–Trinajstić information content (AvgIpc) is 3.40. The molecule has 7 heteroatoms. The van der Waals surface area contributed by atoms with E-state index in [-0.39, 0.29) is 11.5 Å². The minimum absolute atomic E-state index is 0.0644. The molecule has 146 valence electrons. The second-order valence-corrected chi connectivity index (χ2v) is 8.80. The monoisotopic (exact) mass is 399 g/mol. The molecule has 0 radical (unpaired) electrons. The minimum Gasteiger partial charge on any atom is -0.497 e. The lowest BCUT2D eigenvalue weighted by Crippen LogP contribution is -2.25. The Kier molecular flexibility index (Phi) is 5.18. The summed E-state index contributed by atoms with van der Waals surface area (Å²) in [5, 5.41) is 8.66. The molecule has 3 rings (SSSR count). The Labute approximate surface area is 164 Å². The van der Waals surface area contributed by atoms with Crippen molar-refractivity contribution in [3.63, 3.8) is 0 Å². The molecule has 0 saturated heterocycles. The van der Waals surface area contributed by atoms with Gasteiger partial charge in [-0.25, -0.2) is 8.42 Å². The lowest BCUT2D eigenvalue weighted by Gasteiger charge is -2.09. The highest BCUT2D eigenvalue weighted by Gasteiger charge is 2.77. The van der Waals surface area contributed by atoms with Gasteiger partial charge < -0.3 is 9.47 Å². The molecule has 1 aliphatic rings. The number of rotatable bonds is 6. The molecule has 3 unspecified atom stereocenters. The summed E-state index contributed by atoms with van der Waals surface area (Å²) < 4.78 is 36.8. The Bertz CT molecular complexity index is 1020. The van der Waals surface area contributed by atoms with Crippen LogP contribution in [0, 0.1) is 23.7 Å². The van der Waals surface area contributed by atoms with Crippen molar-refractivity contribution in [1.82, 2.24) is 0 Å². The van der Waals surface area contributed by atoms with Crippen LogP contribution in [-0.2, 0) is 19.4 Å². The summed E-state index contributed by atoms with van der Waals surface area (Å²) in [6.07, 6.45) is 0. The predicted octanol–water partition coefficient (Wildman–Crippen LogP) is 3.02. The quantitative estimate of drug-likeness (QED) is 0.693.